The summed E-state index contributed by atoms with van der Waals surface area (Å²) in [7, 11) is 3.04. The smallest absolute Gasteiger partial charge is 0.235 e. The van der Waals surface area contributed by atoms with Gasteiger partial charge in [0.25, 0.3) is 0 Å². The van der Waals surface area contributed by atoms with Crippen molar-refractivity contribution in [2.24, 2.45) is 0 Å². The van der Waals surface area contributed by atoms with Crippen LogP contribution in [0.5, 0.6) is 23.0 Å². The van der Waals surface area contributed by atoms with Crippen LogP contribution >= 0.6 is 0 Å². The van der Waals surface area contributed by atoms with E-state index >= 15 is 0 Å². The summed E-state index contributed by atoms with van der Waals surface area (Å²) in [6, 6.07) is 9.91. The Hall–Kier alpha value is -3.15. The standard InChI is InChI=1S/C19H18O6/c1-4-24-12-6-8-14-13(10-12)17(20)18(21)19(25-14)11-5-7-15(22-2)16(9-11)23-3/h5-10,21H,4H2,1-3H3. The van der Waals surface area contributed by atoms with Gasteiger partial charge < -0.3 is 23.7 Å². The monoisotopic (exact) mass is 342 g/mol. The fourth-order valence-electron chi connectivity index (χ4n) is 2.59. The zero-order valence-electron chi connectivity index (χ0n) is 14.2. The van der Waals surface area contributed by atoms with Gasteiger partial charge in [0.05, 0.1) is 26.2 Å². The molecule has 0 atom stereocenters. The van der Waals surface area contributed by atoms with Crippen molar-refractivity contribution in [3.8, 4) is 34.3 Å². The Labute approximate surface area is 144 Å². The molecule has 0 saturated heterocycles. The maximum atomic E-state index is 12.5. The van der Waals surface area contributed by atoms with E-state index in [9.17, 15) is 9.90 Å². The van der Waals surface area contributed by atoms with Gasteiger partial charge in [-0.25, -0.2) is 0 Å². The molecule has 0 aliphatic carbocycles. The molecule has 0 unspecified atom stereocenters. The lowest BCUT2D eigenvalue weighted by atomic mass is 10.1. The van der Waals surface area contributed by atoms with E-state index in [4.69, 9.17) is 18.6 Å². The summed E-state index contributed by atoms with van der Waals surface area (Å²) >= 11 is 0. The van der Waals surface area contributed by atoms with Gasteiger partial charge in [-0.3, -0.25) is 4.79 Å². The van der Waals surface area contributed by atoms with Crippen LogP contribution in [0.3, 0.4) is 0 Å². The van der Waals surface area contributed by atoms with Gasteiger partial charge in [-0.05, 0) is 43.3 Å². The van der Waals surface area contributed by atoms with Crippen molar-refractivity contribution in [1.82, 2.24) is 0 Å². The van der Waals surface area contributed by atoms with E-state index in [1.807, 2.05) is 6.92 Å². The van der Waals surface area contributed by atoms with E-state index in [1.54, 1.807) is 36.4 Å². The van der Waals surface area contributed by atoms with Crippen LogP contribution in [0.4, 0.5) is 0 Å². The summed E-state index contributed by atoms with van der Waals surface area (Å²) in [5.74, 6) is 1.15. The summed E-state index contributed by atoms with van der Waals surface area (Å²) < 4.78 is 21.6. The maximum Gasteiger partial charge on any atom is 0.235 e. The first-order valence-electron chi connectivity index (χ1n) is 7.74. The summed E-state index contributed by atoms with van der Waals surface area (Å²) in [5, 5.41) is 10.6. The molecular formula is C19H18O6. The van der Waals surface area contributed by atoms with E-state index in [0.717, 1.165) is 0 Å². The van der Waals surface area contributed by atoms with Gasteiger partial charge in [0.15, 0.2) is 17.3 Å². The minimum absolute atomic E-state index is 0.0719. The van der Waals surface area contributed by atoms with Crippen molar-refractivity contribution < 1.29 is 23.7 Å². The SMILES string of the molecule is CCOc1ccc2oc(-c3ccc(OC)c(OC)c3)c(O)c(=O)c2c1. The summed E-state index contributed by atoms with van der Waals surface area (Å²) in [5.41, 5.74) is 0.340. The molecule has 6 nitrogen and oxygen atoms in total. The van der Waals surface area contributed by atoms with Crippen LogP contribution in [-0.4, -0.2) is 25.9 Å². The van der Waals surface area contributed by atoms with Crippen LogP contribution in [0, 0.1) is 0 Å². The third-order valence-electron chi connectivity index (χ3n) is 3.79. The van der Waals surface area contributed by atoms with Gasteiger partial charge in [0, 0.05) is 5.56 Å². The molecule has 3 aromatic rings. The predicted molar refractivity (Wildman–Crippen MR) is 93.9 cm³/mol. The molecule has 0 saturated carbocycles. The van der Waals surface area contributed by atoms with Crippen molar-refractivity contribution >= 4 is 11.0 Å². The van der Waals surface area contributed by atoms with Crippen molar-refractivity contribution in [3.05, 3.63) is 46.6 Å². The second-order valence-corrected chi connectivity index (χ2v) is 5.27. The fourth-order valence-corrected chi connectivity index (χ4v) is 2.59. The first-order chi connectivity index (χ1) is 12.1. The zero-order valence-corrected chi connectivity index (χ0v) is 14.2. The van der Waals surface area contributed by atoms with Crippen LogP contribution < -0.4 is 19.6 Å². The predicted octanol–water partition coefficient (Wildman–Crippen LogP) is 3.58. The van der Waals surface area contributed by atoms with Crippen molar-refractivity contribution in [2.45, 2.75) is 6.92 Å². The van der Waals surface area contributed by atoms with Gasteiger partial charge in [-0.2, -0.15) is 0 Å². The fraction of sp³-hybridized carbons (Fsp3) is 0.211. The topological polar surface area (TPSA) is 78.1 Å². The number of rotatable bonds is 5. The number of ether oxygens (including phenoxy) is 3. The highest BCUT2D eigenvalue weighted by Crippen LogP contribution is 2.36. The van der Waals surface area contributed by atoms with Gasteiger partial charge in [-0.15, -0.1) is 0 Å². The first-order valence-corrected chi connectivity index (χ1v) is 7.74. The van der Waals surface area contributed by atoms with Gasteiger partial charge >= 0.3 is 0 Å². The molecule has 0 aliphatic rings. The normalized spacial score (nSPS) is 10.7. The molecule has 0 bridgehead atoms. The number of aromatic hydroxyl groups is 1. The Balaban J connectivity index is 2.19. The largest absolute Gasteiger partial charge is 0.502 e. The van der Waals surface area contributed by atoms with Gasteiger partial charge in [0.1, 0.15) is 11.3 Å². The molecule has 25 heavy (non-hydrogen) atoms. The molecule has 3 rings (SSSR count). The lowest BCUT2D eigenvalue weighted by Gasteiger charge is -2.11. The van der Waals surface area contributed by atoms with Gasteiger partial charge in [0.2, 0.25) is 11.2 Å². The van der Waals surface area contributed by atoms with Crippen molar-refractivity contribution in [3.63, 3.8) is 0 Å². The Morgan fingerprint density at radius 3 is 2.48 bits per heavy atom. The van der Waals surface area contributed by atoms with Crippen LogP contribution in [0.15, 0.2) is 45.6 Å². The molecule has 0 amide bonds. The quantitative estimate of drug-likeness (QED) is 0.763. The number of methoxy groups -OCH3 is 2. The van der Waals surface area contributed by atoms with Crippen LogP contribution in [0.1, 0.15) is 6.92 Å². The molecule has 1 N–H and O–H groups in total. The lowest BCUT2D eigenvalue weighted by molar-refractivity contribution is 0.340. The molecule has 6 heteroatoms. The average molecular weight is 342 g/mol. The minimum atomic E-state index is -0.521. The molecule has 1 heterocycles. The highest BCUT2D eigenvalue weighted by Gasteiger charge is 2.17. The molecule has 0 aliphatic heterocycles. The second kappa shape index (κ2) is 6.76. The van der Waals surface area contributed by atoms with Crippen LogP contribution in [0.25, 0.3) is 22.3 Å². The van der Waals surface area contributed by atoms with E-state index in [1.165, 1.54) is 14.2 Å². The van der Waals surface area contributed by atoms with Crippen molar-refractivity contribution in [1.29, 1.82) is 0 Å². The Kier molecular flexibility index (Phi) is 4.52. The average Bonchev–Trinajstić information content (AvgIpc) is 2.64. The molecule has 0 fully saturated rings. The van der Waals surface area contributed by atoms with Crippen LogP contribution in [-0.2, 0) is 0 Å². The maximum absolute atomic E-state index is 12.5. The molecule has 0 spiro atoms. The summed E-state index contributed by atoms with van der Waals surface area (Å²) in [6.45, 7) is 2.33. The molecule has 2 aromatic carbocycles. The number of fused-ring (bicyclic) bond motifs is 1. The zero-order chi connectivity index (χ0) is 18.0. The Morgan fingerprint density at radius 1 is 1.04 bits per heavy atom. The van der Waals surface area contributed by atoms with Crippen LogP contribution in [0.2, 0.25) is 0 Å². The molecule has 130 valence electrons. The van der Waals surface area contributed by atoms with E-state index in [2.05, 4.69) is 0 Å². The Morgan fingerprint density at radius 2 is 1.80 bits per heavy atom. The summed E-state index contributed by atoms with van der Waals surface area (Å²) in [6.07, 6.45) is 0. The van der Waals surface area contributed by atoms with E-state index in [-0.39, 0.29) is 11.1 Å². The number of hydrogen-bond donors (Lipinski definition) is 1. The third kappa shape index (κ3) is 2.98. The minimum Gasteiger partial charge on any atom is -0.502 e. The molecular weight excluding hydrogens is 324 g/mol. The molecule has 1 aromatic heterocycles. The second-order valence-electron chi connectivity index (χ2n) is 5.27. The lowest BCUT2D eigenvalue weighted by Crippen LogP contribution is -2.03. The highest BCUT2D eigenvalue weighted by atomic mass is 16.5. The number of hydrogen-bond acceptors (Lipinski definition) is 6. The molecule has 0 radical (unpaired) electrons. The van der Waals surface area contributed by atoms with Crippen molar-refractivity contribution in [2.75, 3.05) is 20.8 Å². The third-order valence-corrected chi connectivity index (χ3v) is 3.79. The summed E-state index contributed by atoms with van der Waals surface area (Å²) in [4.78, 5) is 12.5. The van der Waals surface area contributed by atoms with E-state index in [0.29, 0.717) is 35.0 Å². The first kappa shape index (κ1) is 16.7. The number of benzene rings is 2. The highest BCUT2D eigenvalue weighted by molar-refractivity contribution is 5.83. The Bertz CT molecular complexity index is 974. The van der Waals surface area contributed by atoms with Gasteiger partial charge in [-0.1, -0.05) is 0 Å². The van der Waals surface area contributed by atoms with E-state index < -0.39 is 11.2 Å².